The zero-order valence-electron chi connectivity index (χ0n) is 20.9. The zero-order chi connectivity index (χ0) is 25.1. The molecule has 2 aliphatic heterocycles. The van der Waals surface area contributed by atoms with Crippen molar-refractivity contribution in [2.45, 2.75) is 38.0 Å². The van der Waals surface area contributed by atoms with Crippen LogP contribution in [0.1, 0.15) is 19.8 Å². The van der Waals surface area contributed by atoms with E-state index in [0.717, 1.165) is 50.2 Å². The lowest BCUT2D eigenvalue weighted by Crippen LogP contribution is -2.54. The Morgan fingerprint density at radius 3 is 2.42 bits per heavy atom. The molecule has 5 rings (SSSR count). The van der Waals surface area contributed by atoms with Crippen LogP contribution in [0.15, 0.2) is 54.6 Å². The first-order valence-corrected chi connectivity index (χ1v) is 13.1. The number of nitrogens with one attached hydrogen (secondary N) is 2. The third-order valence-corrected chi connectivity index (χ3v) is 7.84. The van der Waals surface area contributed by atoms with Gasteiger partial charge in [-0.05, 0) is 49.6 Å². The third-order valence-electron chi connectivity index (χ3n) is 7.84. The molecule has 8 heteroatoms. The summed E-state index contributed by atoms with van der Waals surface area (Å²) in [5.74, 6) is 0. The fraction of sp³-hybridized carbons (Fsp3) is 0.500. The molecular formula is C28H36F3N5. The smallest absolute Gasteiger partial charge is 0.371 e. The first kappa shape index (κ1) is 25.1. The highest BCUT2D eigenvalue weighted by Gasteiger charge is 2.40. The summed E-state index contributed by atoms with van der Waals surface area (Å²) in [6.45, 7) is 7.44. The highest BCUT2D eigenvalue weighted by Crippen LogP contribution is 2.29. The van der Waals surface area contributed by atoms with Crippen LogP contribution < -0.4 is 10.2 Å². The molecule has 36 heavy (non-hydrogen) atoms. The van der Waals surface area contributed by atoms with Crippen LogP contribution >= 0.6 is 0 Å². The number of nitrogens with zero attached hydrogens (tertiary/aromatic N) is 3. The molecule has 3 heterocycles. The average molecular weight is 500 g/mol. The molecule has 2 aromatic carbocycles. The number of hydrogen-bond donors (Lipinski definition) is 2. The molecular weight excluding hydrogens is 463 g/mol. The van der Waals surface area contributed by atoms with Gasteiger partial charge in [-0.15, -0.1) is 0 Å². The lowest BCUT2D eigenvalue weighted by molar-refractivity contribution is -0.182. The molecule has 0 radical (unpaired) electrons. The molecule has 1 aromatic heterocycles. The number of para-hydroxylation sites is 1. The minimum absolute atomic E-state index is 0.483. The summed E-state index contributed by atoms with van der Waals surface area (Å²) in [6.07, 6.45) is -1.96. The number of alkyl halides is 3. The van der Waals surface area contributed by atoms with Gasteiger partial charge in [-0.25, -0.2) is 0 Å². The van der Waals surface area contributed by atoms with Crippen molar-refractivity contribution in [1.82, 2.24) is 20.1 Å². The molecule has 194 valence electrons. The second kappa shape index (κ2) is 10.8. The third kappa shape index (κ3) is 5.88. The quantitative estimate of drug-likeness (QED) is 0.482. The van der Waals surface area contributed by atoms with E-state index in [2.05, 4.69) is 74.7 Å². The molecule has 2 fully saturated rings. The van der Waals surface area contributed by atoms with Crippen LogP contribution in [0.4, 0.5) is 18.9 Å². The number of H-pyrrole nitrogens is 1. The fourth-order valence-electron chi connectivity index (χ4n) is 5.45. The van der Waals surface area contributed by atoms with Gasteiger partial charge in [0.1, 0.15) is 6.04 Å². The Bertz CT molecular complexity index is 1090. The molecule has 0 aliphatic carbocycles. The van der Waals surface area contributed by atoms with Crippen molar-refractivity contribution in [3.05, 3.63) is 54.6 Å². The van der Waals surface area contributed by atoms with Crippen LogP contribution in [-0.4, -0.2) is 85.4 Å². The van der Waals surface area contributed by atoms with Gasteiger partial charge in [-0.2, -0.15) is 13.2 Å². The van der Waals surface area contributed by atoms with E-state index in [4.69, 9.17) is 0 Å². The summed E-state index contributed by atoms with van der Waals surface area (Å²) in [7, 11) is 0. The van der Waals surface area contributed by atoms with Gasteiger partial charge in [0.05, 0.1) is 0 Å². The molecule has 0 saturated carbocycles. The van der Waals surface area contributed by atoms with E-state index in [-0.39, 0.29) is 0 Å². The number of aromatic amines is 1. The average Bonchev–Trinajstić information content (AvgIpc) is 3.33. The first-order chi connectivity index (χ1) is 17.4. The molecule has 0 spiro atoms. The fourth-order valence-corrected chi connectivity index (χ4v) is 5.45. The van der Waals surface area contributed by atoms with Crippen molar-refractivity contribution in [3.8, 4) is 11.3 Å². The van der Waals surface area contributed by atoms with Crippen LogP contribution in [0.5, 0.6) is 0 Å². The van der Waals surface area contributed by atoms with E-state index in [0.29, 0.717) is 32.2 Å². The SMILES string of the molecule is CC(N1CCN(CCNC2CCN(c3cccc(-c4cc5ccccc5[nH]4)c3)CC2)CC1)C(F)(F)F. The van der Waals surface area contributed by atoms with Crippen molar-refractivity contribution < 1.29 is 13.2 Å². The standard InChI is InChI=1S/C28H36F3N5/c1-21(28(29,30)31)35-17-15-34(16-18-35)14-11-32-24-9-12-36(13-10-24)25-7-4-6-22(19-25)27-20-23-5-2-3-8-26(23)33-27/h2-8,19-21,24,32-33H,9-18H2,1H3. The van der Waals surface area contributed by atoms with Gasteiger partial charge in [0.15, 0.2) is 0 Å². The summed E-state index contributed by atoms with van der Waals surface area (Å²) >= 11 is 0. The Balaban J connectivity index is 1.06. The van der Waals surface area contributed by atoms with E-state index in [1.54, 1.807) is 4.90 Å². The predicted octanol–water partition coefficient (Wildman–Crippen LogP) is 4.96. The Hall–Kier alpha value is -2.55. The van der Waals surface area contributed by atoms with Gasteiger partial charge in [-0.1, -0.05) is 30.3 Å². The second-order valence-electron chi connectivity index (χ2n) is 10.1. The highest BCUT2D eigenvalue weighted by molar-refractivity contribution is 5.86. The molecule has 2 N–H and O–H groups in total. The van der Waals surface area contributed by atoms with E-state index < -0.39 is 12.2 Å². The molecule has 0 amide bonds. The van der Waals surface area contributed by atoms with Gasteiger partial charge in [0.25, 0.3) is 0 Å². The number of fused-ring (bicyclic) bond motifs is 1. The molecule has 0 bridgehead atoms. The molecule has 1 unspecified atom stereocenters. The summed E-state index contributed by atoms with van der Waals surface area (Å²) in [6, 6.07) is 18.5. The van der Waals surface area contributed by atoms with Crippen LogP contribution in [0.25, 0.3) is 22.2 Å². The van der Waals surface area contributed by atoms with Crippen molar-refractivity contribution in [2.75, 3.05) is 57.3 Å². The van der Waals surface area contributed by atoms with E-state index in [1.807, 2.05) is 0 Å². The lowest BCUT2D eigenvalue weighted by Gasteiger charge is -2.39. The predicted molar refractivity (Wildman–Crippen MR) is 141 cm³/mol. The van der Waals surface area contributed by atoms with Crippen LogP contribution in [0, 0.1) is 0 Å². The Morgan fingerprint density at radius 2 is 1.69 bits per heavy atom. The molecule has 2 aliphatic rings. The number of piperazine rings is 1. The number of anilines is 1. The van der Waals surface area contributed by atoms with Crippen molar-refractivity contribution in [1.29, 1.82) is 0 Å². The maximum absolute atomic E-state index is 12.9. The number of benzene rings is 2. The highest BCUT2D eigenvalue weighted by atomic mass is 19.4. The molecule has 2 saturated heterocycles. The monoisotopic (exact) mass is 499 g/mol. The summed E-state index contributed by atoms with van der Waals surface area (Å²) in [5.41, 5.74) is 4.76. The normalized spacial score (nSPS) is 19.7. The Labute approximate surface area is 211 Å². The van der Waals surface area contributed by atoms with Gasteiger partial charge >= 0.3 is 6.18 Å². The van der Waals surface area contributed by atoms with Crippen molar-refractivity contribution in [2.24, 2.45) is 0 Å². The summed E-state index contributed by atoms with van der Waals surface area (Å²) in [5, 5.41) is 4.91. The number of halogens is 3. The van der Waals surface area contributed by atoms with Gasteiger partial charge in [0.2, 0.25) is 0 Å². The first-order valence-electron chi connectivity index (χ1n) is 13.1. The van der Waals surface area contributed by atoms with Gasteiger partial charge in [0, 0.05) is 80.7 Å². The number of piperidine rings is 1. The number of rotatable bonds is 7. The molecule has 1 atom stereocenters. The van der Waals surface area contributed by atoms with Crippen LogP contribution in [-0.2, 0) is 0 Å². The van der Waals surface area contributed by atoms with Crippen LogP contribution in [0.2, 0.25) is 0 Å². The maximum atomic E-state index is 12.9. The largest absolute Gasteiger partial charge is 0.403 e. The Kier molecular flexibility index (Phi) is 7.55. The minimum atomic E-state index is -4.14. The Morgan fingerprint density at radius 1 is 0.944 bits per heavy atom. The summed E-state index contributed by atoms with van der Waals surface area (Å²) < 4.78 is 38.8. The minimum Gasteiger partial charge on any atom is -0.371 e. The lowest BCUT2D eigenvalue weighted by atomic mass is 10.0. The molecule has 3 aromatic rings. The summed E-state index contributed by atoms with van der Waals surface area (Å²) in [4.78, 5) is 9.82. The van der Waals surface area contributed by atoms with Crippen molar-refractivity contribution in [3.63, 3.8) is 0 Å². The van der Waals surface area contributed by atoms with Gasteiger partial charge in [-0.3, -0.25) is 9.80 Å². The van der Waals surface area contributed by atoms with E-state index in [9.17, 15) is 13.2 Å². The topological polar surface area (TPSA) is 37.5 Å². The van der Waals surface area contributed by atoms with Crippen molar-refractivity contribution >= 4 is 16.6 Å². The van der Waals surface area contributed by atoms with E-state index >= 15 is 0 Å². The second-order valence-corrected chi connectivity index (χ2v) is 10.1. The van der Waals surface area contributed by atoms with E-state index in [1.165, 1.54) is 23.6 Å². The maximum Gasteiger partial charge on any atom is 0.403 e. The number of aromatic nitrogens is 1. The van der Waals surface area contributed by atoms with Gasteiger partial charge < -0.3 is 15.2 Å². The molecule has 5 nitrogen and oxygen atoms in total. The zero-order valence-corrected chi connectivity index (χ0v) is 20.9. The van der Waals surface area contributed by atoms with Crippen LogP contribution in [0.3, 0.4) is 0 Å². The number of hydrogen-bond acceptors (Lipinski definition) is 4.